The van der Waals surface area contributed by atoms with Gasteiger partial charge in [0, 0.05) is 18.7 Å². The van der Waals surface area contributed by atoms with Crippen molar-refractivity contribution in [3.8, 4) is 0 Å². The zero-order chi connectivity index (χ0) is 21.8. The van der Waals surface area contributed by atoms with Crippen molar-refractivity contribution >= 4 is 27.4 Å². The van der Waals surface area contributed by atoms with E-state index in [-0.39, 0.29) is 17.3 Å². The zero-order valence-electron chi connectivity index (χ0n) is 16.7. The van der Waals surface area contributed by atoms with Crippen LogP contribution in [0.15, 0.2) is 70.6 Å². The molecule has 0 aliphatic heterocycles. The molecular weight excluding hydrogens is 437 g/mol. The molecule has 0 unspecified atom stereocenters. The Labute approximate surface area is 183 Å². The summed E-state index contributed by atoms with van der Waals surface area (Å²) in [6, 6.07) is 16.7. The molecule has 160 valence electrons. The summed E-state index contributed by atoms with van der Waals surface area (Å²) < 4.78 is 42.4. The minimum absolute atomic E-state index is 0.166. The van der Waals surface area contributed by atoms with E-state index in [1.165, 1.54) is 23.9 Å². The van der Waals surface area contributed by atoms with E-state index in [0.29, 0.717) is 23.6 Å². The summed E-state index contributed by atoms with van der Waals surface area (Å²) in [5.41, 5.74) is 2.43. The Kier molecular flexibility index (Phi) is 6.30. The fraction of sp³-hybridized carbons (Fsp3) is 0.190. The Hall–Kier alpha value is -2.82. The van der Waals surface area contributed by atoms with Gasteiger partial charge >= 0.3 is 0 Å². The summed E-state index contributed by atoms with van der Waals surface area (Å²) in [6.07, 6.45) is 0.331. The topological polar surface area (TPSA) is 89.2 Å². The first-order chi connectivity index (χ1) is 14.9. The Morgan fingerprint density at radius 3 is 2.65 bits per heavy atom. The standard InChI is InChI=1S/C21H20FN5O2S2/c1-15-5-7-18(8-6-15)31(28,29)23-12-11-20-25-24-19-9-10-21(26-27(19)20)30-14-16-3-2-4-17(22)13-16/h2-10,13,23H,11-12,14H2,1H3. The molecule has 1 N–H and O–H groups in total. The normalized spacial score (nSPS) is 11.8. The number of sulfonamides is 1. The van der Waals surface area contributed by atoms with E-state index in [1.807, 2.05) is 19.1 Å². The second-order valence-corrected chi connectivity index (χ2v) is 9.70. The van der Waals surface area contributed by atoms with Gasteiger partial charge < -0.3 is 0 Å². The van der Waals surface area contributed by atoms with Gasteiger partial charge in [0.05, 0.1) is 4.90 Å². The third kappa shape index (κ3) is 5.27. The third-order valence-corrected chi connectivity index (χ3v) is 7.02. The highest BCUT2D eigenvalue weighted by Crippen LogP contribution is 2.21. The molecular formula is C21H20FN5O2S2. The maximum absolute atomic E-state index is 13.3. The van der Waals surface area contributed by atoms with Gasteiger partial charge in [-0.3, -0.25) is 0 Å². The van der Waals surface area contributed by atoms with Gasteiger partial charge in [-0.15, -0.1) is 10.2 Å². The lowest BCUT2D eigenvalue weighted by atomic mass is 10.2. The van der Waals surface area contributed by atoms with Crippen LogP contribution in [0, 0.1) is 12.7 Å². The summed E-state index contributed by atoms with van der Waals surface area (Å²) in [4.78, 5) is 0.221. The molecule has 7 nitrogen and oxygen atoms in total. The molecule has 2 aromatic carbocycles. The van der Waals surface area contributed by atoms with Crippen LogP contribution in [0.1, 0.15) is 17.0 Å². The summed E-state index contributed by atoms with van der Waals surface area (Å²) >= 11 is 1.47. The number of aryl methyl sites for hydroxylation is 1. The monoisotopic (exact) mass is 457 g/mol. The van der Waals surface area contributed by atoms with Crippen LogP contribution < -0.4 is 4.72 Å². The lowest BCUT2D eigenvalue weighted by molar-refractivity contribution is 0.580. The number of fused-ring (bicyclic) bond motifs is 1. The second-order valence-electron chi connectivity index (χ2n) is 6.94. The number of nitrogens with one attached hydrogen (secondary N) is 1. The average Bonchev–Trinajstić information content (AvgIpc) is 3.15. The largest absolute Gasteiger partial charge is 0.240 e. The molecule has 2 heterocycles. The molecule has 4 aromatic rings. The number of hydrogen-bond acceptors (Lipinski definition) is 6. The fourth-order valence-corrected chi connectivity index (χ4v) is 4.76. The maximum Gasteiger partial charge on any atom is 0.240 e. The molecule has 0 aliphatic rings. The van der Waals surface area contributed by atoms with Crippen molar-refractivity contribution in [1.29, 1.82) is 0 Å². The van der Waals surface area contributed by atoms with Crippen molar-refractivity contribution in [1.82, 2.24) is 24.5 Å². The SMILES string of the molecule is Cc1ccc(S(=O)(=O)NCCc2nnc3ccc(SCc4cccc(F)c4)nn23)cc1. The van der Waals surface area contributed by atoms with E-state index in [2.05, 4.69) is 20.0 Å². The van der Waals surface area contributed by atoms with E-state index < -0.39 is 10.0 Å². The predicted molar refractivity (Wildman–Crippen MR) is 117 cm³/mol. The van der Waals surface area contributed by atoms with Crippen molar-refractivity contribution in [3.63, 3.8) is 0 Å². The summed E-state index contributed by atoms with van der Waals surface area (Å²) in [5.74, 6) is 0.856. The molecule has 0 atom stereocenters. The molecule has 0 amide bonds. The minimum atomic E-state index is -3.60. The fourth-order valence-electron chi connectivity index (χ4n) is 2.93. The lowest BCUT2D eigenvalue weighted by Gasteiger charge is -2.07. The molecule has 0 saturated heterocycles. The molecule has 10 heteroatoms. The quantitative estimate of drug-likeness (QED) is 0.408. The van der Waals surface area contributed by atoms with Gasteiger partial charge in [-0.05, 0) is 48.9 Å². The Morgan fingerprint density at radius 1 is 1.06 bits per heavy atom. The highest BCUT2D eigenvalue weighted by molar-refractivity contribution is 7.98. The number of thioether (sulfide) groups is 1. The van der Waals surface area contributed by atoms with E-state index in [9.17, 15) is 12.8 Å². The highest BCUT2D eigenvalue weighted by Gasteiger charge is 2.14. The van der Waals surface area contributed by atoms with Crippen molar-refractivity contribution in [2.45, 2.75) is 29.0 Å². The number of hydrogen-bond donors (Lipinski definition) is 1. The first-order valence-electron chi connectivity index (χ1n) is 9.56. The van der Waals surface area contributed by atoms with Crippen LogP contribution >= 0.6 is 11.8 Å². The van der Waals surface area contributed by atoms with Gasteiger partial charge in [0.1, 0.15) is 10.8 Å². The van der Waals surface area contributed by atoms with E-state index in [1.54, 1.807) is 40.9 Å². The third-order valence-electron chi connectivity index (χ3n) is 4.55. The zero-order valence-corrected chi connectivity index (χ0v) is 18.3. The number of aromatic nitrogens is 4. The van der Waals surface area contributed by atoms with Crippen LogP contribution in [-0.2, 0) is 22.2 Å². The second kappa shape index (κ2) is 9.13. The van der Waals surface area contributed by atoms with Gasteiger partial charge in [0.2, 0.25) is 10.0 Å². The molecule has 0 radical (unpaired) electrons. The Morgan fingerprint density at radius 2 is 1.87 bits per heavy atom. The molecule has 0 saturated carbocycles. The summed E-state index contributed by atoms with van der Waals surface area (Å²) in [6.45, 7) is 2.07. The van der Waals surface area contributed by atoms with Crippen molar-refractivity contribution < 1.29 is 12.8 Å². The van der Waals surface area contributed by atoms with Crippen LogP contribution in [0.3, 0.4) is 0 Å². The average molecular weight is 458 g/mol. The van der Waals surface area contributed by atoms with Crippen molar-refractivity contribution in [3.05, 3.63) is 83.4 Å². The number of halogens is 1. The van der Waals surface area contributed by atoms with Crippen LogP contribution in [0.5, 0.6) is 0 Å². The molecule has 0 aliphatic carbocycles. The van der Waals surface area contributed by atoms with Crippen molar-refractivity contribution in [2.75, 3.05) is 6.54 Å². The Balaban J connectivity index is 1.42. The van der Waals surface area contributed by atoms with Crippen LogP contribution in [0.25, 0.3) is 5.65 Å². The number of nitrogens with zero attached hydrogens (tertiary/aromatic N) is 4. The molecule has 4 rings (SSSR count). The number of benzene rings is 2. The smallest absolute Gasteiger partial charge is 0.211 e. The van der Waals surface area contributed by atoms with Gasteiger partial charge in [-0.25, -0.2) is 17.5 Å². The highest BCUT2D eigenvalue weighted by atomic mass is 32.2. The molecule has 0 bridgehead atoms. The lowest BCUT2D eigenvalue weighted by Crippen LogP contribution is -2.26. The van der Waals surface area contributed by atoms with Gasteiger partial charge in [-0.1, -0.05) is 41.6 Å². The molecule has 0 fully saturated rings. The number of rotatable bonds is 8. The van der Waals surface area contributed by atoms with E-state index in [4.69, 9.17) is 0 Å². The Bertz CT molecular complexity index is 1310. The van der Waals surface area contributed by atoms with E-state index in [0.717, 1.165) is 16.2 Å². The molecule has 31 heavy (non-hydrogen) atoms. The summed E-state index contributed by atoms with van der Waals surface area (Å²) in [5, 5.41) is 13.5. The first kappa shape index (κ1) is 21.4. The minimum Gasteiger partial charge on any atom is -0.211 e. The predicted octanol–water partition coefficient (Wildman–Crippen LogP) is 3.39. The van der Waals surface area contributed by atoms with Crippen molar-refractivity contribution in [2.24, 2.45) is 0 Å². The van der Waals surface area contributed by atoms with E-state index >= 15 is 0 Å². The van der Waals surface area contributed by atoms with Crippen LogP contribution in [0.2, 0.25) is 0 Å². The van der Waals surface area contributed by atoms with Crippen LogP contribution in [0.4, 0.5) is 4.39 Å². The van der Waals surface area contributed by atoms with Gasteiger partial charge in [0.15, 0.2) is 11.5 Å². The maximum atomic E-state index is 13.3. The molecule has 0 spiro atoms. The van der Waals surface area contributed by atoms with Gasteiger partial charge in [-0.2, -0.15) is 9.61 Å². The first-order valence-corrected chi connectivity index (χ1v) is 12.0. The summed E-state index contributed by atoms with van der Waals surface area (Å²) in [7, 11) is -3.60. The van der Waals surface area contributed by atoms with Crippen LogP contribution in [-0.4, -0.2) is 34.8 Å². The molecule has 2 aromatic heterocycles. The van der Waals surface area contributed by atoms with Gasteiger partial charge in [0.25, 0.3) is 0 Å².